The molecule has 0 atom stereocenters. The molecule has 0 saturated heterocycles. The molecule has 1 N–H and O–H groups in total. The molecule has 2 aromatic carbocycles. The number of carbonyl (C=O) groups is 1. The van der Waals surface area contributed by atoms with Crippen LogP contribution < -0.4 is 24.3 Å². The highest BCUT2D eigenvalue weighted by molar-refractivity contribution is 9.10. The quantitative estimate of drug-likeness (QED) is 0.322. The van der Waals surface area contributed by atoms with Crippen LogP contribution in [0.2, 0.25) is 0 Å². The molecule has 34 heavy (non-hydrogen) atoms. The van der Waals surface area contributed by atoms with Crippen LogP contribution in [0, 0.1) is 18.3 Å². The summed E-state index contributed by atoms with van der Waals surface area (Å²) in [4.78, 5) is 12.5. The van der Waals surface area contributed by atoms with E-state index in [1.807, 2.05) is 31.2 Å². The van der Waals surface area contributed by atoms with Crippen LogP contribution in [0.1, 0.15) is 23.8 Å². The molecule has 2 heterocycles. The summed E-state index contributed by atoms with van der Waals surface area (Å²) in [6.07, 6.45) is 1.46. The fourth-order valence-corrected chi connectivity index (χ4v) is 3.76. The number of aryl methyl sites for hydroxylation is 1. The highest BCUT2D eigenvalue weighted by Crippen LogP contribution is 2.39. The summed E-state index contributed by atoms with van der Waals surface area (Å²) in [5.74, 6) is 2.51. The van der Waals surface area contributed by atoms with Crippen molar-refractivity contribution in [1.82, 2.24) is 5.16 Å². The van der Waals surface area contributed by atoms with Crippen LogP contribution in [-0.4, -0.2) is 24.5 Å². The largest absolute Gasteiger partial charge is 0.490 e. The van der Waals surface area contributed by atoms with Gasteiger partial charge in [-0.25, -0.2) is 0 Å². The number of halogens is 1. The Morgan fingerprint density at radius 3 is 2.79 bits per heavy atom. The second-order valence-electron chi connectivity index (χ2n) is 7.19. The molecule has 0 saturated carbocycles. The monoisotopic (exact) mass is 525 g/mol. The first-order valence-electron chi connectivity index (χ1n) is 10.3. The Morgan fingerprint density at radius 2 is 2.06 bits per heavy atom. The predicted octanol–water partition coefficient (Wildman–Crippen LogP) is 5.00. The van der Waals surface area contributed by atoms with Crippen LogP contribution in [0.3, 0.4) is 0 Å². The summed E-state index contributed by atoms with van der Waals surface area (Å²) in [7, 11) is 0. The number of amides is 1. The first-order chi connectivity index (χ1) is 16.5. The summed E-state index contributed by atoms with van der Waals surface area (Å²) in [5, 5.41) is 15.7. The third-order valence-corrected chi connectivity index (χ3v) is 5.29. The van der Waals surface area contributed by atoms with Crippen LogP contribution >= 0.6 is 15.9 Å². The van der Waals surface area contributed by atoms with Crippen LogP contribution in [0.25, 0.3) is 6.08 Å². The molecule has 0 unspecified atom stereocenters. The van der Waals surface area contributed by atoms with Crippen molar-refractivity contribution in [1.29, 1.82) is 5.26 Å². The van der Waals surface area contributed by atoms with Crippen LogP contribution in [0.5, 0.6) is 23.0 Å². The van der Waals surface area contributed by atoms with E-state index in [1.165, 1.54) is 6.08 Å². The SMILES string of the molecule is CCOc1cc(C=C(C#N)C(=O)Nc2cc(C)on2)cc(Br)c1OCc1ccc2c(c1)OCO2. The molecule has 1 aliphatic rings. The highest BCUT2D eigenvalue weighted by atomic mass is 79.9. The molecule has 10 heteroatoms. The average Bonchev–Trinajstić information content (AvgIpc) is 3.45. The summed E-state index contributed by atoms with van der Waals surface area (Å²) in [6, 6.07) is 12.5. The van der Waals surface area contributed by atoms with Gasteiger partial charge in [0.2, 0.25) is 6.79 Å². The Morgan fingerprint density at radius 1 is 1.24 bits per heavy atom. The molecule has 0 radical (unpaired) electrons. The van der Waals surface area contributed by atoms with E-state index in [1.54, 1.807) is 25.1 Å². The molecule has 0 aliphatic carbocycles. The van der Waals surface area contributed by atoms with Gasteiger partial charge in [-0.05, 0) is 71.2 Å². The second kappa shape index (κ2) is 10.3. The number of aromatic nitrogens is 1. The minimum Gasteiger partial charge on any atom is -0.490 e. The van der Waals surface area contributed by atoms with Crippen molar-refractivity contribution in [3.8, 4) is 29.1 Å². The molecule has 174 valence electrons. The number of ether oxygens (including phenoxy) is 4. The Balaban J connectivity index is 1.54. The molecule has 9 nitrogen and oxygen atoms in total. The van der Waals surface area contributed by atoms with Gasteiger partial charge in [0.1, 0.15) is 24.0 Å². The fourth-order valence-electron chi connectivity index (χ4n) is 3.18. The number of benzene rings is 2. The zero-order valence-electron chi connectivity index (χ0n) is 18.4. The van der Waals surface area contributed by atoms with Crippen LogP contribution in [0.15, 0.2) is 51.0 Å². The van der Waals surface area contributed by atoms with Gasteiger partial charge in [-0.15, -0.1) is 0 Å². The van der Waals surface area contributed by atoms with Gasteiger partial charge in [0.05, 0.1) is 11.1 Å². The number of fused-ring (bicyclic) bond motifs is 1. The maximum Gasteiger partial charge on any atom is 0.267 e. The number of rotatable bonds is 8. The second-order valence-corrected chi connectivity index (χ2v) is 8.04. The van der Waals surface area contributed by atoms with E-state index < -0.39 is 5.91 Å². The van der Waals surface area contributed by atoms with E-state index in [2.05, 4.69) is 26.4 Å². The Labute approximate surface area is 204 Å². The molecular formula is C24H20BrN3O6. The molecule has 1 aliphatic heterocycles. The molecule has 4 rings (SSSR count). The van der Waals surface area contributed by atoms with E-state index in [9.17, 15) is 10.1 Å². The zero-order chi connectivity index (χ0) is 24.1. The number of hydrogen-bond donors (Lipinski definition) is 1. The number of anilines is 1. The Bertz CT molecular complexity index is 1290. The van der Waals surface area contributed by atoms with Crippen molar-refractivity contribution >= 4 is 33.7 Å². The lowest BCUT2D eigenvalue weighted by molar-refractivity contribution is -0.112. The van der Waals surface area contributed by atoms with Gasteiger partial charge >= 0.3 is 0 Å². The molecule has 1 aromatic heterocycles. The standard InChI is InChI=1S/C24H20BrN3O6/c1-3-30-21-10-16(7-17(11-26)24(29)27-22-6-14(2)34-28-22)8-18(25)23(21)31-12-15-4-5-19-20(9-15)33-13-32-19/h4-10H,3,12-13H2,1-2H3,(H,27,28,29). The number of nitrogens with one attached hydrogen (secondary N) is 1. The number of nitriles is 1. The molecule has 0 fully saturated rings. The van der Waals surface area contributed by atoms with Gasteiger partial charge in [0.15, 0.2) is 28.8 Å². The maximum absolute atomic E-state index is 12.5. The van der Waals surface area contributed by atoms with E-state index in [-0.39, 0.29) is 24.8 Å². The van der Waals surface area contributed by atoms with Crippen LogP contribution in [0.4, 0.5) is 5.82 Å². The van der Waals surface area contributed by atoms with Crippen molar-refractivity contribution in [2.24, 2.45) is 0 Å². The highest BCUT2D eigenvalue weighted by Gasteiger charge is 2.17. The van der Waals surface area contributed by atoms with Gasteiger partial charge in [-0.2, -0.15) is 5.26 Å². The van der Waals surface area contributed by atoms with Crippen molar-refractivity contribution in [2.45, 2.75) is 20.5 Å². The van der Waals surface area contributed by atoms with Gasteiger partial charge < -0.3 is 28.8 Å². The Hall–Kier alpha value is -3.97. The fraction of sp³-hybridized carbons (Fsp3) is 0.208. The maximum atomic E-state index is 12.5. The van der Waals surface area contributed by atoms with E-state index >= 15 is 0 Å². The van der Waals surface area contributed by atoms with Crippen molar-refractivity contribution in [3.05, 3.63) is 63.3 Å². The topological polar surface area (TPSA) is 116 Å². The Kier molecular flexibility index (Phi) is 7.04. The van der Waals surface area contributed by atoms with E-state index in [0.717, 1.165) is 5.56 Å². The molecular weight excluding hydrogens is 506 g/mol. The van der Waals surface area contributed by atoms with Gasteiger partial charge in [0, 0.05) is 6.07 Å². The lowest BCUT2D eigenvalue weighted by atomic mass is 10.1. The van der Waals surface area contributed by atoms with Crippen molar-refractivity contribution in [3.63, 3.8) is 0 Å². The lowest BCUT2D eigenvalue weighted by Crippen LogP contribution is -2.13. The molecule has 0 spiro atoms. The summed E-state index contributed by atoms with van der Waals surface area (Å²) < 4.78 is 28.1. The van der Waals surface area contributed by atoms with Crippen LogP contribution in [-0.2, 0) is 11.4 Å². The normalized spacial score (nSPS) is 12.2. The van der Waals surface area contributed by atoms with E-state index in [4.69, 9.17) is 23.5 Å². The van der Waals surface area contributed by atoms with Gasteiger partial charge in [-0.1, -0.05) is 11.2 Å². The zero-order valence-corrected chi connectivity index (χ0v) is 20.0. The van der Waals surface area contributed by atoms with Gasteiger partial charge in [-0.3, -0.25) is 4.79 Å². The molecule has 0 bridgehead atoms. The number of nitrogens with zero attached hydrogens (tertiary/aromatic N) is 2. The third kappa shape index (κ3) is 5.32. The summed E-state index contributed by atoms with van der Waals surface area (Å²) in [5.41, 5.74) is 1.37. The van der Waals surface area contributed by atoms with Crippen molar-refractivity contribution in [2.75, 3.05) is 18.7 Å². The number of hydrogen-bond acceptors (Lipinski definition) is 8. The summed E-state index contributed by atoms with van der Waals surface area (Å²) in [6.45, 7) is 4.43. The molecule has 3 aromatic rings. The average molecular weight is 526 g/mol. The van der Waals surface area contributed by atoms with Crippen molar-refractivity contribution < 1.29 is 28.3 Å². The minimum atomic E-state index is -0.604. The number of carbonyl (C=O) groups excluding carboxylic acids is 1. The lowest BCUT2D eigenvalue weighted by Gasteiger charge is -2.15. The minimum absolute atomic E-state index is 0.107. The molecule has 1 amide bonds. The smallest absolute Gasteiger partial charge is 0.267 e. The predicted molar refractivity (Wildman–Crippen MR) is 126 cm³/mol. The third-order valence-electron chi connectivity index (χ3n) is 4.70. The van der Waals surface area contributed by atoms with Gasteiger partial charge in [0.25, 0.3) is 5.91 Å². The van der Waals surface area contributed by atoms with E-state index in [0.29, 0.717) is 45.4 Å². The first-order valence-corrected chi connectivity index (χ1v) is 11.1. The summed E-state index contributed by atoms with van der Waals surface area (Å²) >= 11 is 3.51. The first kappa shape index (κ1) is 23.2.